The van der Waals surface area contributed by atoms with E-state index in [1.54, 1.807) is 6.07 Å². The Balaban J connectivity index is 1.93. The van der Waals surface area contributed by atoms with Gasteiger partial charge in [0.15, 0.2) is 5.82 Å². The van der Waals surface area contributed by atoms with Gasteiger partial charge in [0, 0.05) is 39.3 Å². The van der Waals surface area contributed by atoms with Crippen LogP contribution in [0.2, 0.25) is 0 Å². The molecular formula is C17H25FN4O2. The van der Waals surface area contributed by atoms with E-state index in [1.165, 1.54) is 0 Å². The molecule has 2 saturated heterocycles. The van der Waals surface area contributed by atoms with Gasteiger partial charge in [0.05, 0.1) is 16.7 Å². The zero-order valence-corrected chi connectivity index (χ0v) is 14.4. The molecule has 2 fully saturated rings. The zero-order chi connectivity index (χ0) is 17.3. The van der Waals surface area contributed by atoms with Crippen LogP contribution in [-0.4, -0.2) is 56.1 Å². The van der Waals surface area contributed by atoms with Crippen molar-refractivity contribution in [2.75, 3.05) is 56.1 Å². The number of hydrogen-bond donors (Lipinski definition) is 0. The molecule has 0 radical (unpaired) electrons. The molecule has 24 heavy (non-hydrogen) atoms. The topological polar surface area (TPSA) is 52.9 Å². The maximum Gasteiger partial charge on any atom is 0.295 e. The van der Waals surface area contributed by atoms with Gasteiger partial charge in [-0.3, -0.25) is 10.1 Å². The molecule has 2 heterocycles. The van der Waals surface area contributed by atoms with Crippen molar-refractivity contribution in [3.8, 4) is 0 Å². The van der Waals surface area contributed by atoms with Crippen molar-refractivity contribution < 1.29 is 9.31 Å². The van der Waals surface area contributed by atoms with Gasteiger partial charge in [-0.25, -0.2) is 4.39 Å². The third kappa shape index (κ3) is 3.45. The molecule has 2 aliphatic heterocycles. The molecule has 0 amide bonds. The van der Waals surface area contributed by atoms with Gasteiger partial charge in [0.25, 0.3) is 5.69 Å². The van der Waals surface area contributed by atoms with Crippen molar-refractivity contribution >= 4 is 17.1 Å². The van der Waals surface area contributed by atoms with Gasteiger partial charge in [-0.05, 0) is 31.9 Å². The zero-order valence-electron chi connectivity index (χ0n) is 14.4. The summed E-state index contributed by atoms with van der Waals surface area (Å²) in [7, 11) is 2.05. The van der Waals surface area contributed by atoms with Crippen molar-refractivity contribution in [2.45, 2.75) is 19.8 Å². The summed E-state index contributed by atoms with van der Waals surface area (Å²) in [4.78, 5) is 17.2. The summed E-state index contributed by atoms with van der Waals surface area (Å²) >= 11 is 0. The van der Waals surface area contributed by atoms with Gasteiger partial charge < -0.3 is 14.7 Å². The molecule has 0 saturated carbocycles. The Kier molecular flexibility index (Phi) is 4.89. The van der Waals surface area contributed by atoms with Crippen molar-refractivity contribution in [1.82, 2.24) is 4.90 Å². The summed E-state index contributed by atoms with van der Waals surface area (Å²) in [5, 5.41) is 11.4. The molecule has 0 unspecified atom stereocenters. The minimum absolute atomic E-state index is 0.125. The third-order valence-electron chi connectivity index (χ3n) is 5.21. The van der Waals surface area contributed by atoms with Gasteiger partial charge in [0.2, 0.25) is 0 Å². The van der Waals surface area contributed by atoms with Gasteiger partial charge >= 0.3 is 0 Å². The number of nitro benzene ring substituents is 1. The Bertz CT molecular complexity index is 609. The predicted octanol–water partition coefficient (Wildman–Crippen LogP) is 2.72. The van der Waals surface area contributed by atoms with Crippen molar-refractivity contribution in [1.29, 1.82) is 0 Å². The fourth-order valence-electron chi connectivity index (χ4n) is 3.48. The lowest BCUT2D eigenvalue weighted by Gasteiger charge is -2.36. The average Bonchev–Trinajstić information content (AvgIpc) is 2.56. The minimum Gasteiger partial charge on any atom is -0.367 e. The molecule has 7 heteroatoms. The first-order valence-electron chi connectivity index (χ1n) is 8.62. The van der Waals surface area contributed by atoms with Gasteiger partial charge in [0.1, 0.15) is 5.69 Å². The molecule has 132 valence electrons. The molecule has 6 nitrogen and oxygen atoms in total. The van der Waals surface area contributed by atoms with E-state index < -0.39 is 10.7 Å². The van der Waals surface area contributed by atoms with Gasteiger partial charge in [-0.2, -0.15) is 0 Å². The van der Waals surface area contributed by atoms with Crippen LogP contribution in [0.4, 0.5) is 21.5 Å². The van der Waals surface area contributed by atoms with Crippen LogP contribution in [0.1, 0.15) is 19.8 Å². The normalized spacial score (nSPS) is 20.5. The van der Waals surface area contributed by atoms with Crippen LogP contribution >= 0.6 is 0 Å². The first kappa shape index (κ1) is 17.0. The number of benzene rings is 1. The lowest BCUT2D eigenvalue weighted by molar-refractivity contribution is -0.384. The quantitative estimate of drug-likeness (QED) is 0.627. The second kappa shape index (κ2) is 6.93. The number of rotatable bonds is 3. The smallest absolute Gasteiger partial charge is 0.295 e. The molecule has 0 aliphatic carbocycles. The Morgan fingerprint density at radius 1 is 1.04 bits per heavy atom. The van der Waals surface area contributed by atoms with Crippen LogP contribution < -0.4 is 9.80 Å². The van der Waals surface area contributed by atoms with Gasteiger partial charge in [-0.15, -0.1) is 0 Å². The van der Waals surface area contributed by atoms with E-state index in [-0.39, 0.29) is 5.69 Å². The number of anilines is 2. The summed E-state index contributed by atoms with van der Waals surface area (Å²) in [6.45, 7) is 6.99. The van der Waals surface area contributed by atoms with E-state index in [0.717, 1.165) is 58.2 Å². The Hall–Kier alpha value is -1.89. The maximum absolute atomic E-state index is 14.5. The lowest BCUT2D eigenvalue weighted by atomic mass is 9.98. The summed E-state index contributed by atoms with van der Waals surface area (Å²) in [6, 6.07) is 2.79. The summed E-state index contributed by atoms with van der Waals surface area (Å²) in [5.41, 5.74) is 0.921. The highest BCUT2D eigenvalue weighted by molar-refractivity contribution is 5.71. The summed E-state index contributed by atoms with van der Waals surface area (Å²) < 4.78 is 14.5. The Labute approximate surface area is 142 Å². The molecule has 1 aromatic carbocycles. The van der Waals surface area contributed by atoms with E-state index >= 15 is 0 Å². The Morgan fingerprint density at radius 2 is 1.62 bits per heavy atom. The second-order valence-corrected chi connectivity index (χ2v) is 7.01. The predicted molar refractivity (Wildman–Crippen MR) is 93.4 cm³/mol. The summed E-state index contributed by atoms with van der Waals surface area (Å²) in [6.07, 6.45) is 2.02. The van der Waals surface area contributed by atoms with Crippen LogP contribution in [0.5, 0.6) is 0 Å². The van der Waals surface area contributed by atoms with Crippen LogP contribution in [0, 0.1) is 21.8 Å². The maximum atomic E-state index is 14.5. The number of nitrogens with zero attached hydrogens (tertiary/aromatic N) is 4. The van der Waals surface area contributed by atoms with Crippen LogP contribution in [0.25, 0.3) is 0 Å². The van der Waals surface area contributed by atoms with Crippen LogP contribution in [0.15, 0.2) is 12.1 Å². The second-order valence-electron chi connectivity index (χ2n) is 7.01. The number of likely N-dealkylation sites (N-methyl/N-ethyl adjacent to an activating group) is 1. The number of piperidine rings is 1. The van der Waals surface area contributed by atoms with Crippen molar-refractivity contribution in [3.63, 3.8) is 0 Å². The summed E-state index contributed by atoms with van der Waals surface area (Å²) in [5.74, 6) is 0.137. The molecule has 3 rings (SSSR count). The highest BCUT2D eigenvalue weighted by Crippen LogP contribution is 2.37. The molecule has 0 bridgehead atoms. The number of nitro groups is 1. The van der Waals surface area contributed by atoms with Gasteiger partial charge in [-0.1, -0.05) is 6.92 Å². The van der Waals surface area contributed by atoms with Crippen LogP contribution in [-0.2, 0) is 0 Å². The molecule has 0 atom stereocenters. The highest BCUT2D eigenvalue weighted by atomic mass is 19.1. The number of hydrogen-bond acceptors (Lipinski definition) is 5. The first-order valence-corrected chi connectivity index (χ1v) is 8.62. The molecule has 0 N–H and O–H groups in total. The van der Waals surface area contributed by atoms with E-state index in [4.69, 9.17) is 0 Å². The molecular weight excluding hydrogens is 311 g/mol. The average molecular weight is 336 g/mol. The fourth-order valence-corrected chi connectivity index (χ4v) is 3.48. The lowest BCUT2D eigenvalue weighted by Crippen LogP contribution is -2.45. The standard InChI is InChI=1S/C17H25FN4O2/c1-13-3-5-20(6-4-13)16-12-15(14(18)11-17(16)22(23)24)21-9-7-19(2)8-10-21/h11-13H,3-10H2,1-2H3. The monoisotopic (exact) mass is 336 g/mol. The van der Waals surface area contributed by atoms with Crippen LogP contribution in [0.3, 0.4) is 0 Å². The highest BCUT2D eigenvalue weighted by Gasteiger charge is 2.28. The minimum atomic E-state index is -0.500. The molecule has 0 aromatic heterocycles. The first-order chi connectivity index (χ1) is 11.5. The Morgan fingerprint density at radius 3 is 2.21 bits per heavy atom. The molecule has 2 aliphatic rings. The molecule has 1 aromatic rings. The largest absolute Gasteiger partial charge is 0.367 e. The number of halogens is 1. The number of piperazine rings is 1. The van der Waals surface area contributed by atoms with E-state index in [0.29, 0.717) is 17.3 Å². The molecule has 0 spiro atoms. The van der Waals surface area contributed by atoms with Crippen molar-refractivity contribution in [3.05, 3.63) is 28.1 Å². The SMILES string of the molecule is CC1CCN(c2cc(N3CCN(C)CC3)c(F)cc2[N+](=O)[O-])CC1. The van der Waals surface area contributed by atoms with E-state index in [1.807, 2.05) is 16.8 Å². The van der Waals surface area contributed by atoms with E-state index in [2.05, 4.69) is 11.8 Å². The third-order valence-corrected chi connectivity index (χ3v) is 5.21. The van der Waals surface area contributed by atoms with Crippen molar-refractivity contribution in [2.24, 2.45) is 5.92 Å². The fraction of sp³-hybridized carbons (Fsp3) is 0.647. The van der Waals surface area contributed by atoms with E-state index in [9.17, 15) is 14.5 Å².